The van der Waals surface area contributed by atoms with E-state index in [0.717, 1.165) is 52.9 Å². The van der Waals surface area contributed by atoms with E-state index in [1.165, 1.54) is 0 Å². The minimum atomic E-state index is -0.847. The van der Waals surface area contributed by atoms with Crippen molar-refractivity contribution in [2.24, 2.45) is 5.92 Å². The second kappa shape index (κ2) is 7.18. The number of benzene rings is 1. The van der Waals surface area contributed by atoms with Gasteiger partial charge in [0.2, 0.25) is 5.95 Å². The minimum Gasteiger partial charge on any atom is -0.423 e. The summed E-state index contributed by atoms with van der Waals surface area (Å²) in [5, 5.41) is 25.9. The Morgan fingerprint density at radius 3 is 2.96 bits per heavy atom. The average Bonchev–Trinajstić information content (AvgIpc) is 3.24. The van der Waals surface area contributed by atoms with Crippen molar-refractivity contribution in [2.75, 3.05) is 10.6 Å². The highest BCUT2D eigenvalue weighted by molar-refractivity contribution is 6.62. The smallest absolute Gasteiger partial charge is 0.423 e. The topological polar surface area (TPSA) is 103 Å². The summed E-state index contributed by atoms with van der Waals surface area (Å²) < 4.78 is 5.30. The number of nitrogens with zero attached hydrogens (tertiary/aromatic N) is 3. The Morgan fingerprint density at radius 1 is 1.30 bits per heavy atom. The zero-order chi connectivity index (χ0) is 19.0. The van der Waals surface area contributed by atoms with Crippen molar-refractivity contribution in [1.29, 1.82) is 5.26 Å². The van der Waals surface area contributed by atoms with E-state index >= 15 is 0 Å². The first kappa shape index (κ1) is 17.8. The van der Waals surface area contributed by atoms with Crippen LogP contribution in [0.3, 0.4) is 0 Å². The number of hydrogen-bond acceptors (Lipinski definition) is 7. The lowest BCUT2D eigenvalue weighted by Gasteiger charge is -2.18. The van der Waals surface area contributed by atoms with E-state index < -0.39 is 7.12 Å². The predicted octanol–water partition coefficient (Wildman–Crippen LogP) is 2.16. The van der Waals surface area contributed by atoms with Crippen molar-refractivity contribution in [3.63, 3.8) is 0 Å². The van der Waals surface area contributed by atoms with E-state index in [0.29, 0.717) is 12.6 Å². The molecule has 138 valence electrons. The lowest BCUT2D eigenvalue weighted by molar-refractivity contribution is 0.275. The van der Waals surface area contributed by atoms with E-state index in [9.17, 15) is 10.3 Å². The van der Waals surface area contributed by atoms with Gasteiger partial charge in [0, 0.05) is 23.5 Å². The first-order valence-electron chi connectivity index (χ1n) is 9.25. The van der Waals surface area contributed by atoms with Crippen LogP contribution in [0.2, 0.25) is 0 Å². The van der Waals surface area contributed by atoms with Gasteiger partial charge in [0.25, 0.3) is 0 Å². The van der Waals surface area contributed by atoms with E-state index in [2.05, 4.69) is 26.7 Å². The van der Waals surface area contributed by atoms with Crippen molar-refractivity contribution < 1.29 is 9.68 Å². The highest BCUT2D eigenvalue weighted by Gasteiger charge is 2.30. The summed E-state index contributed by atoms with van der Waals surface area (Å²) in [5.41, 5.74) is 4.59. The summed E-state index contributed by atoms with van der Waals surface area (Å²) in [7, 11) is -0.847. The molecule has 1 aromatic carbocycles. The molecule has 1 aliphatic heterocycles. The normalized spacial score (nSPS) is 21.0. The molecule has 1 aliphatic carbocycles. The fourth-order valence-corrected chi connectivity index (χ4v) is 3.91. The van der Waals surface area contributed by atoms with Gasteiger partial charge in [-0.05, 0) is 61.8 Å². The van der Waals surface area contributed by atoms with Crippen LogP contribution in [0.15, 0.2) is 18.3 Å². The molecule has 1 aromatic heterocycles. The maximum Gasteiger partial charge on any atom is 0.492 e. The summed E-state index contributed by atoms with van der Waals surface area (Å²) >= 11 is 0. The molecule has 1 saturated carbocycles. The number of hydrogen-bond donors (Lipinski definition) is 3. The number of aryl methyl sites for hydroxylation is 2. The van der Waals surface area contributed by atoms with E-state index in [1.54, 1.807) is 6.20 Å². The Hall–Kier alpha value is -2.63. The van der Waals surface area contributed by atoms with Crippen molar-refractivity contribution in [1.82, 2.24) is 9.97 Å². The summed E-state index contributed by atoms with van der Waals surface area (Å²) in [6.45, 7) is 4.30. The van der Waals surface area contributed by atoms with Crippen molar-refractivity contribution in [3.8, 4) is 6.07 Å². The number of nitrogens with one attached hydrogen (secondary N) is 2. The summed E-state index contributed by atoms with van der Waals surface area (Å²) in [6, 6.07) is 6.43. The zero-order valence-electron chi connectivity index (χ0n) is 15.5. The van der Waals surface area contributed by atoms with E-state index in [-0.39, 0.29) is 12.0 Å². The third-order valence-electron chi connectivity index (χ3n) is 5.35. The lowest BCUT2D eigenvalue weighted by Crippen LogP contribution is -2.30. The minimum absolute atomic E-state index is 0.0292. The van der Waals surface area contributed by atoms with Gasteiger partial charge >= 0.3 is 7.12 Å². The van der Waals surface area contributed by atoms with Crippen LogP contribution in [-0.2, 0) is 11.3 Å². The molecule has 1 fully saturated rings. The van der Waals surface area contributed by atoms with Gasteiger partial charge < -0.3 is 20.3 Å². The molecule has 0 bridgehead atoms. The van der Waals surface area contributed by atoms with Crippen LogP contribution < -0.4 is 16.1 Å². The molecule has 2 heterocycles. The molecule has 27 heavy (non-hydrogen) atoms. The third-order valence-corrected chi connectivity index (χ3v) is 5.35. The Bertz CT molecular complexity index is 914. The van der Waals surface area contributed by atoms with Crippen LogP contribution in [0.4, 0.5) is 17.5 Å². The lowest BCUT2D eigenvalue weighted by atomic mass is 9.76. The first-order valence-corrected chi connectivity index (χ1v) is 9.25. The molecule has 2 aliphatic rings. The van der Waals surface area contributed by atoms with Gasteiger partial charge in [-0.15, -0.1) is 0 Å². The van der Waals surface area contributed by atoms with Crippen molar-refractivity contribution >= 4 is 30.0 Å². The van der Waals surface area contributed by atoms with Gasteiger partial charge in [0.15, 0.2) is 0 Å². The molecule has 0 saturated heterocycles. The average molecular weight is 363 g/mol. The predicted molar refractivity (Wildman–Crippen MR) is 104 cm³/mol. The Morgan fingerprint density at radius 2 is 2.15 bits per heavy atom. The molecular weight excluding hydrogens is 341 g/mol. The van der Waals surface area contributed by atoms with Crippen molar-refractivity contribution in [3.05, 3.63) is 35.0 Å². The van der Waals surface area contributed by atoms with Crippen LogP contribution in [0.25, 0.3) is 0 Å². The number of fused-ring (bicyclic) bond motifs is 1. The number of nitriles is 1. The quantitative estimate of drug-likeness (QED) is 0.715. The highest BCUT2D eigenvalue weighted by Crippen LogP contribution is 2.29. The van der Waals surface area contributed by atoms with Gasteiger partial charge in [-0.2, -0.15) is 10.2 Å². The Balaban J connectivity index is 1.55. The van der Waals surface area contributed by atoms with Crippen molar-refractivity contribution in [2.45, 2.75) is 45.8 Å². The SMILES string of the molecule is Cc1cnc(Nc2cc(C)c3c(c2)COB3O)nc1N[C@@H]1CCC[C@H]1C#N. The van der Waals surface area contributed by atoms with Crippen LogP contribution in [0.5, 0.6) is 0 Å². The molecule has 4 rings (SSSR count). The fraction of sp³-hybridized carbons (Fsp3) is 0.421. The largest absolute Gasteiger partial charge is 0.492 e. The van der Waals surface area contributed by atoms with Crippen LogP contribution >= 0.6 is 0 Å². The maximum absolute atomic E-state index is 9.89. The number of aromatic nitrogens is 2. The van der Waals surface area contributed by atoms with Gasteiger partial charge in [-0.3, -0.25) is 0 Å². The molecule has 0 spiro atoms. The standard InChI is InChI=1S/C19H22BN5O2/c1-11-6-15(7-14-10-27-20(26)17(11)14)23-19-22-9-12(2)18(25-19)24-16-5-3-4-13(16)8-21/h6-7,9,13,16,26H,3-5,10H2,1-2H3,(H2,22,23,24,25)/t13-,16+/m0/s1. The van der Waals surface area contributed by atoms with E-state index in [4.69, 9.17) is 4.65 Å². The Kier molecular flexibility index (Phi) is 4.73. The van der Waals surface area contributed by atoms with Gasteiger partial charge in [-0.25, -0.2) is 4.98 Å². The summed E-state index contributed by atoms with van der Waals surface area (Å²) in [4.78, 5) is 8.99. The molecule has 2 atom stereocenters. The maximum atomic E-state index is 9.89. The molecule has 8 heteroatoms. The molecule has 2 aromatic rings. The highest BCUT2D eigenvalue weighted by atomic mass is 16.5. The van der Waals surface area contributed by atoms with Gasteiger partial charge in [0.05, 0.1) is 18.6 Å². The van der Waals surface area contributed by atoms with E-state index in [1.807, 2.05) is 26.0 Å². The molecule has 0 amide bonds. The third kappa shape index (κ3) is 3.48. The molecule has 7 nitrogen and oxygen atoms in total. The monoisotopic (exact) mass is 363 g/mol. The number of rotatable bonds is 4. The Labute approximate surface area is 158 Å². The molecule has 3 N–H and O–H groups in total. The molecular formula is C19H22BN5O2. The van der Waals surface area contributed by atoms with Gasteiger partial charge in [0.1, 0.15) is 5.82 Å². The van der Waals surface area contributed by atoms with Crippen LogP contribution in [0, 0.1) is 31.1 Å². The fourth-order valence-electron chi connectivity index (χ4n) is 3.91. The van der Waals surface area contributed by atoms with Gasteiger partial charge in [-0.1, -0.05) is 0 Å². The molecule has 0 unspecified atom stereocenters. The molecule has 0 radical (unpaired) electrons. The summed E-state index contributed by atoms with van der Waals surface area (Å²) in [6.07, 6.45) is 4.76. The first-order chi connectivity index (χ1) is 13.0. The van der Waals surface area contributed by atoms with Crippen LogP contribution in [0.1, 0.15) is 36.0 Å². The number of anilines is 3. The zero-order valence-corrected chi connectivity index (χ0v) is 15.5. The second-order valence-corrected chi connectivity index (χ2v) is 7.30. The van der Waals surface area contributed by atoms with Crippen LogP contribution in [-0.4, -0.2) is 28.2 Å². The second-order valence-electron chi connectivity index (χ2n) is 7.30. The summed E-state index contributed by atoms with van der Waals surface area (Å²) in [5.74, 6) is 1.28.